The van der Waals surface area contributed by atoms with Gasteiger partial charge >= 0.3 is 6.18 Å². The van der Waals surface area contributed by atoms with E-state index in [1.54, 1.807) is 0 Å². The van der Waals surface area contributed by atoms with Gasteiger partial charge in [-0.1, -0.05) is 56.1 Å². The van der Waals surface area contributed by atoms with E-state index < -0.39 is 17.8 Å². The van der Waals surface area contributed by atoms with Crippen LogP contribution in [0.25, 0.3) is 6.08 Å². The highest BCUT2D eigenvalue weighted by Crippen LogP contribution is 2.44. The van der Waals surface area contributed by atoms with E-state index in [2.05, 4.69) is 43.0 Å². The molecule has 3 aromatic rings. The molecular formula is C27H23Br2F3N4O. The van der Waals surface area contributed by atoms with Gasteiger partial charge in [-0.3, -0.25) is 9.48 Å². The topological polar surface area (TPSA) is 50.5 Å². The number of aromatic nitrogens is 2. The molecule has 0 N–H and O–H groups in total. The summed E-state index contributed by atoms with van der Waals surface area (Å²) in [5.41, 5.74) is 3.16. The zero-order chi connectivity index (χ0) is 26.3. The van der Waals surface area contributed by atoms with Gasteiger partial charge in [0.05, 0.1) is 11.8 Å². The lowest BCUT2D eigenvalue weighted by Crippen LogP contribution is -2.34. The first-order chi connectivity index (χ1) is 17.6. The zero-order valence-corrected chi connectivity index (χ0v) is 23.0. The van der Waals surface area contributed by atoms with Crippen LogP contribution in [0.3, 0.4) is 0 Å². The Morgan fingerprint density at radius 1 is 1.08 bits per heavy atom. The third kappa shape index (κ3) is 5.45. The summed E-state index contributed by atoms with van der Waals surface area (Å²) in [7, 11) is 0. The molecule has 1 aliphatic heterocycles. The van der Waals surface area contributed by atoms with Crippen molar-refractivity contribution in [1.82, 2.24) is 14.8 Å². The molecule has 2 heterocycles. The number of nitrogens with zero attached hydrogens (tertiary/aromatic N) is 4. The molecule has 1 aromatic heterocycles. The number of aryl methyl sites for hydroxylation is 1. The van der Waals surface area contributed by atoms with Crippen molar-refractivity contribution in [2.45, 2.75) is 44.9 Å². The van der Waals surface area contributed by atoms with Crippen LogP contribution in [-0.4, -0.2) is 26.4 Å². The van der Waals surface area contributed by atoms with Crippen LogP contribution in [-0.2, 0) is 17.5 Å². The van der Waals surface area contributed by atoms with Crippen LogP contribution in [0.1, 0.15) is 47.8 Å². The molecule has 0 radical (unpaired) electrons. The highest BCUT2D eigenvalue weighted by atomic mass is 79.9. The maximum atomic E-state index is 13.6. The normalized spacial score (nSPS) is 20.8. The van der Waals surface area contributed by atoms with Crippen LogP contribution in [0.2, 0.25) is 0 Å². The van der Waals surface area contributed by atoms with Gasteiger partial charge in [0.25, 0.3) is 5.91 Å². The smallest absolute Gasteiger partial charge is 0.271 e. The van der Waals surface area contributed by atoms with E-state index in [1.807, 2.05) is 48.5 Å². The maximum absolute atomic E-state index is 13.6. The highest BCUT2D eigenvalue weighted by molar-refractivity contribution is 9.10. The number of carbonyl (C=O) groups excluding carboxylic acids is 1. The third-order valence-electron chi connectivity index (χ3n) is 6.74. The van der Waals surface area contributed by atoms with E-state index in [4.69, 9.17) is 5.10 Å². The van der Waals surface area contributed by atoms with Crippen LogP contribution >= 0.6 is 31.9 Å². The van der Waals surface area contributed by atoms with Crippen LogP contribution in [0.15, 0.2) is 74.2 Å². The van der Waals surface area contributed by atoms with Gasteiger partial charge < -0.3 is 0 Å². The number of allylic oxidation sites excluding steroid dienone is 1. The highest BCUT2D eigenvalue weighted by Gasteiger charge is 2.44. The van der Waals surface area contributed by atoms with E-state index in [1.165, 1.54) is 11.9 Å². The molecule has 0 saturated heterocycles. The largest absolute Gasteiger partial charge is 0.435 e. The Kier molecular flexibility index (Phi) is 7.15. The molecule has 1 amide bonds. The Bertz CT molecular complexity index is 1380. The summed E-state index contributed by atoms with van der Waals surface area (Å²) in [4.78, 5) is 13.6. The first kappa shape index (κ1) is 25.9. The van der Waals surface area contributed by atoms with Crippen molar-refractivity contribution in [2.24, 2.45) is 11.0 Å². The standard InChI is InChI=1S/C27H23Br2F3N4O/c1-16-13-23(27(30,31)32)33-35(16)15-24(37)36-26(18-7-11-21(29)12-8-18)22-4-2-3-19(25(22)34-36)14-17-5-9-20(28)10-6-17/h5-14,22,26H,2-4,15H2,1H3/b19-14+/t22-,26+/m1/s1. The summed E-state index contributed by atoms with van der Waals surface area (Å²) in [6.45, 7) is 1.18. The van der Waals surface area contributed by atoms with Crippen molar-refractivity contribution >= 4 is 49.6 Å². The Hall–Kier alpha value is -2.72. The van der Waals surface area contributed by atoms with Crippen molar-refractivity contribution in [3.63, 3.8) is 0 Å². The van der Waals surface area contributed by atoms with Gasteiger partial charge in [-0.25, -0.2) is 5.01 Å². The average molecular weight is 636 g/mol. The minimum atomic E-state index is -4.57. The molecule has 2 atom stereocenters. The van der Waals surface area contributed by atoms with Crippen molar-refractivity contribution in [2.75, 3.05) is 0 Å². The minimum absolute atomic E-state index is 0.00923. The fourth-order valence-electron chi connectivity index (χ4n) is 4.97. The molecule has 1 saturated carbocycles. The predicted molar refractivity (Wildman–Crippen MR) is 143 cm³/mol. The fourth-order valence-corrected chi connectivity index (χ4v) is 5.50. The number of rotatable bonds is 4. The van der Waals surface area contributed by atoms with Gasteiger partial charge in [0.15, 0.2) is 5.69 Å². The molecule has 1 fully saturated rings. The Morgan fingerprint density at radius 2 is 1.73 bits per heavy atom. The van der Waals surface area contributed by atoms with Gasteiger partial charge in [-0.2, -0.15) is 23.4 Å². The van der Waals surface area contributed by atoms with E-state index in [9.17, 15) is 18.0 Å². The summed E-state index contributed by atoms with van der Waals surface area (Å²) in [6.07, 6.45) is 0.188. The van der Waals surface area contributed by atoms with Gasteiger partial charge in [0, 0.05) is 20.6 Å². The van der Waals surface area contributed by atoms with Crippen LogP contribution in [0, 0.1) is 12.8 Å². The molecule has 5 nitrogen and oxygen atoms in total. The molecule has 2 aromatic carbocycles. The second kappa shape index (κ2) is 10.2. The molecule has 10 heteroatoms. The van der Waals surface area contributed by atoms with E-state index in [0.29, 0.717) is 0 Å². The second-order valence-electron chi connectivity index (χ2n) is 9.27. The molecule has 0 bridgehead atoms. The maximum Gasteiger partial charge on any atom is 0.435 e. The van der Waals surface area contributed by atoms with Gasteiger partial charge in [-0.15, -0.1) is 0 Å². The van der Waals surface area contributed by atoms with Gasteiger partial charge in [0.1, 0.15) is 6.54 Å². The van der Waals surface area contributed by atoms with E-state index in [0.717, 1.165) is 61.4 Å². The first-order valence-corrected chi connectivity index (χ1v) is 13.4. The lowest BCUT2D eigenvalue weighted by Gasteiger charge is -2.29. The van der Waals surface area contributed by atoms with Crippen molar-refractivity contribution in [1.29, 1.82) is 0 Å². The molecule has 0 spiro atoms. The first-order valence-electron chi connectivity index (χ1n) is 11.8. The molecular weight excluding hydrogens is 613 g/mol. The van der Waals surface area contributed by atoms with E-state index >= 15 is 0 Å². The number of halogens is 5. The molecule has 0 unspecified atom stereocenters. The molecule has 2 aliphatic rings. The summed E-state index contributed by atoms with van der Waals surface area (Å²) in [6, 6.07) is 16.4. The van der Waals surface area contributed by atoms with Crippen LogP contribution < -0.4 is 0 Å². The molecule has 192 valence electrons. The number of alkyl halides is 3. The van der Waals surface area contributed by atoms with Gasteiger partial charge in [-0.05, 0) is 79.3 Å². The summed E-state index contributed by atoms with van der Waals surface area (Å²) < 4.78 is 42.5. The average Bonchev–Trinajstić information content (AvgIpc) is 3.43. The number of fused-ring (bicyclic) bond motifs is 1. The number of benzene rings is 2. The Balaban J connectivity index is 1.51. The summed E-state index contributed by atoms with van der Waals surface area (Å²) in [5, 5.41) is 9.92. The molecule has 5 rings (SSSR count). The number of hydrogen-bond acceptors (Lipinski definition) is 3. The lowest BCUT2D eigenvalue weighted by molar-refractivity contribution is -0.142. The van der Waals surface area contributed by atoms with Crippen molar-refractivity contribution < 1.29 is 18.0 Å². The number of hydrazone groups is 1. The quantitative estimate of drug-likeness (QED) is 0.297. The Labute approximate surface area is 229 Å². The van der Waals surface area contributed by atoms with E-state index in [-0.39, 0.29) is 24.2 Å². The van der Waals surface area contributed by atoms with Crippen LogP contribution in [0.4, 0.5) is 13.2 Å². The minimum Gasteiger partial charge on any atom is -0.271 e. The van der Waals surface area contributed by atoms with Crippen molar-refractivity contribution in [3.8, 4) is 0 Å². The monoisotopic (exact) mass is 634 g/mol. The van der Waals surface area contributed by atoms with Crippen LogP contribution in [0.5, 0.6) is 0 Å². The number of amides is 1. The predicted octanol–water partition coefficient (Wildman–Crippen LogP) is 7.56. The summed E-state index contributed by atoms with van der Waals surface area (Å²) in [5.74, 6) is -0.414. The molecule has 37 heavy (non-hydrogen) atoms. The SMILES string of the molecule is Cc1cc(C(F)(F)F)nn1CC(=O)N1N=C2/C(=C/c3ccc(Br)cc3)CCC[C@H]2[C@@H]1c1ccc(Br)cc1. The fraction of sp³-hybridized carbons (Fsp3) is 0.296. The summed E-state index contributed by atoms with van der Waals surface area (Å²) >= 11 is 6.93. The Morgan fingerprint density at radius 3 is 2.35 bits per heavy atom. The number of carbonyl (C=O) groups is 1. The molecule has 1 aliphatic carbocycles. The second-order valence-corrected chi connectivity index (χ2v) is 11.1. The zero-order valence-electron chi connectivity index (χ0n) is 19.8. The number of hydrogen-bond donors (Lipinski definition) is 0. The lowest BCUT2D eigenvalue weighted by atomic mass is 9.77. The third-order valence-corrected chi connectivity index (χ3v) is 7.79. The van der Waals surface area contributed by atoms with Crippen molar-refractivity contribution in [3.05, 3.63) is 91.6 Å². The van der Waals surface area contributed by atoms with Gasteiger partial charge in [0.2, 0.25) is 0 Å².